The summed E-state index contributed by atoms with van der Waals surface area (Å²) in [5.74, 6) is 0.355. The second-order valence-electron chi connectivity index (χ2n) is 6.61. The van der Waals surface area contributed by atoms with Gasteiger partial charge in [-0.3, -0.25) is 14.0 Å². The van der Waals surface area contributed by atoms with E-state index in [1.54, 1.807) is 22.1 Å². The summed E-state index contributed by atoms with van der Waals surface area (Å²) in [6, 6.07) is 4.05. The fourth-order valence-electron chi connectivity index (χ4n) is 3.55. The third kappa shape index (κ3) is 2.62. The number of carbonyl (C=O) groups excluding carboxylic acids is 1. The van der Waals surface area contributed by atoms with Crippen LogP contribution in [0.3, 0.4) is 0 Å². The van der Waals surface area contributed by atoms with Crippen molar-refractivity contribution in [3.63, 3.8) is 0 Å². The lowest BCUT2D eigenvalue weighted by Crippen LogP contribution is -2.43. The van der Waals surface area contributed by atoms with Crippen molar-refractivity contribution in [2.45, 2.75) is 45.2 Å². The van der Waals surface area contributed by atoms with Crippen LogP contribution >= 0.6 is 11.3 Å². The highest BCUT2D eigenvalue weighted by molar-refractivity contribution is 7.16. The first-order valence-electron chi connectivity index (χ1n) is 8.37. The Balaban J connectivity index is 1.56. The minimum Gasteiger partial charge on any atom is -0.351 e. The molecule has 0 radical (unpaired) electrons. The van der Waals surface area contributed by atoms with E-state index in [4.69, 9.17) is 0 Å². The van der Waals surface area contributed by atoms with Gasteiger partial charge >= 0.3 is 0 Å². The lowest BCUT2D eigenvalue weighted by molar-refractivity contribution is -0.123. The predicted octanol–water partition coefficient (Wildman–Crippen LogP) is 2.41. The van der Waals surface area contributed by atoms with Gasteiger partial charge in [-0.25, -0.2) is 4.68 Å². The van der Waals surface area contributed by atoms with Crippen LogP contribution in [0.1, 0.15) is 32.6 Å². The minimum atomic E-state index is -0.229. The molecule has 0 bridgehead atoms. The SMILES string of the molecule is C[C@@H]1CCCC[C@H]1NC(=O)Cn1ncn2c(cc3ccsc32)c1=O. The molecule has 3 heterocycles. The molecule has 0 saturated heterocycles. The van der Waals surface area contributed by atoms with E-state index in [1.165, 1.54) is 11.1 Å². The fraction of sp³-hybridized carbons (Fsp3) is 0.471. The average molecular weight is 344 g/mol. The molecule has 1 aliphatic rings. The maximum absolute atomic E-state index is 12.6. The van der Waals surface area contributed by atoms with E-state index in [0.717, 1.165) is 29.5 Å². The van der Waals surface area contributed by atoms with Gasteiger partial charge in [0.25, 0.3) is 5.56 Å². The molecule has 1 N–H and O–H groups in total. The van der Waals surface area contributed by atoms with Crippen molar-refractivity contribution in [1.29, 1.82) is 0 Å². The summed E-state index contributed by atoms with van der Waals surface area (Å²) in [6.07, 6.45) is 6.17. The molecule has 3 aromatic heterocycles. The van der Waals surface area contributed by atoms with Crippen LogP contribution in [0.25, 0.3) is 15.7 Å². The Morgan fingerprint density at radius 1 is 1.42 bits per heavy atom. The maximum atomic E-state index is 12.6. The standard InChI is InChI=1S/C17H20N4O2S/c1-11-4-2-3-5-13(11)19-15(22)9-21-16(23)14-8-12-6-7-24-17(12)20(14)10-18-21/h6-8,10-11,13H,2-5,9H2,1H3,(H,19,22)/t11-,13-/m1/s1. The van der Waals surface area contributed by atoms with Gasteiger partial charge in [-0.2, -0.15) is 5.10 Å². The lowest BCUT2D eigenvalue weighted by Gasteiger charge is -2.29. The number of rotatable bonds is 3. The molecule has 6 nitrogen and oxygen atoms in total. The van der Waals surface area contributed by atoms with Crippen LogP contribution < -0.4 is 10.9 Å². The Morgan fingerprint density at radius 2 is 2.25 bits per heavy atom. The van der Waals surface area contributed by atoms with Crippen LogP contribution in [0.2, 0.25) is 0 Å². The van der Waals surface area contributed by atoms with E-state index in [1.807, 2.05) is 17.5 Å². The van der Waals surface area contributed by atoms with Gasteiger partial charge < -0.3 is 5.32 Å². The van der Waals surface area contributed by atoms with Gasteiger partial charge in [-0.15, -0.1) is 11.3 Å². The van der Waals surface area contributed by atoms with Crippen LogP contribution in [-0.4, -0.2) is 26.1 Å². The molecule has 0 aliphatic heterocycles. The first-order valence-corrected chi connectivity index (χ1v) is 9.25. The Kier molecular flexibility index (Phi) is 3.88. The molecule has 24 heavy (non-hydrogen) atoms. The summed E-state index contributed by atoms with van der Waals surface area (Å²) in [5.41, 5.74) is 0.332. The van der Waals surface area contributed by atoms with Crippen LogP contribution in [0.5, 0.6) is 0 Å². The normalized spacial score (nSPS) is 21.4. The summed E-state index contributed by atoms with van der Waals surface area (Å²) in [5, 5.41) is 10.3. The van der Waals surface area contributed by atoms with Crippen LogP contribution in [0.4, 0.5) is 0 Å². The molecule has 7 heteroatoms. The fourth-order valence-corrected chi connectivity index (χ4v) is 4.42. The minimum absolute atomic E-state index is 0.0304. The van der Waals surface area contributed by atoms with Crippen molar-refractivity contribution in [2.24, 2.45) is 5.92 Å². The van der Waals surface area contributed by atoms with E-state index in [9.17, 15) is 9.59 Å². The zero-order valence-electron chi connectivity index (χ0n) is 13.6. The van der Waals surface area contributed by atoms with Gasteiger partial charge in [-0.1, -0.05) is 19.8 Å². The van der Waals surface area contributed by atoms with Crippen LogP contribution in [0.15, 0.2) is 28.6 Å². The number of nitrogens with one attached hydrogen (secondary N) is 1. The number of fused-ring (bicyclic) bond motifs is 3. The number of amides is 1. The second kappa shape index (κ2) is 6.05. The zero-order valence-corrected chi connectivity index (χ0v) is 14.4. The highest BCUT2D eigenvalue weighted by Crippen LogP contribution is 2.24. The van der Waals surface area contributed by atoms with E-state index < -0.39 is 0 Å². The molecule has 2 atom stereocenters. The van der Waals surface area contributed by atoms with Crippen molar-refractivity contribution in [3.05, 3.63) is 34.2 Å². The molecule has 1 fully saturated rings. The summed E-state index contributed by atoms with van der Waals surface area (Å²) in [6.45, 7) is 2.14. The van der Waals surface area contributed by atoms with E-state index in [0.29, 0.717) is 11.4 Å². The summed E-state index contributed by atoms with van der Waals surface area (Å²) in [4.78, 5) is 25.9. The van der Waals surface area contributed by atoms with Crippen molar-refractivity contribution < 1.29 is 4.79 Å². The van der Waals surface area contributed by atoms with Gasteiger partial charge in [0.1, 0.15) is 23.2 Å². The number of carbonyl (C=O) groups is 1. The zero-order chi connectivity index (χ0) is 16.7. The Hall–Kier alpha value is -2.15. The first kappa shape index (κ1) is 15.4. The molecular weight excluding hydrogens is 324 g/mol. The number of hydrogen-bond acceptors (Lipinski definition) is 4. The molecule has 0 unspecified atom stereocenters. The molecule has 1 saturated carbocycles. The van der Waals surface area contributed by atoms with Gasteiger partial charge in [0.2, 0.25) is 5.91 Å². The number of hydrogen-bond donors (Lipinski definition) is 1. The average Bonchev–Trinajstić information content (AvgIpc) is 3.14. The molecule has 0 aromatic carbocycles. The number of aromatic nitrogens is 3. The number of thiophene rings is 1. The lowest BCUT2D eigenvalue weighted by atomic mass is 9.86. The summed E-state index contributed by atoms with van der Waals surface area (Å²) >= 11 is 1.57. The van der Waals surface area contributed by atoms with Gasteiger partial charge in [-0.05, 0) is 36.3 Å². The molecular formula is C17H20N4O2S. The Morgan fingerprint density at radius 3 is 3.08 bits per heavy atom. The van der Waals surface area contributed by atoms with Crippen LogP contribution in [-0.2, 0) is 11.3 Å². The monoisotopic (exact) mass is 344 g/mol. The quantitative estimate of drug-likeness (QED) is 0.793. The Bertz CT molecular complexity index is 954. The van der Waals surface area contributed by atoms with Gasteiger partial charge in [0, 0.05) is 11.4 Å². The largest absolute Gasteiger partial charge is 0.351 e. The maximum Gasteiger partial charge on any atom is 0.291 e. The van der Waals surface area contributed by atoms with E-state index in [-0.39, 0.29) is 24.1 Å². The van der Waals surface area contributed by atoms with Gasteiger partial charge in [0.15, 0.2) is 0 Å². The van der Waals surface area contributed by atoms with Crippen molar-refractivity contribution >= 4 is 33.0 Å². The molecule has 126 valence electrons. The molecule has 0 spiro atoms. The van der Waals surface area contributed by atoms with Crippen molar-refractivity contribution in [3.8, 4) is 0 Å². The van der Waals surface area contributed by atoms with Crippen LogP contribution in [0, 0.1) is 5.92 Å². The van der Waals surface area contributed by atoms with E-state index >= 15 is 0 Å². The highest BCUT2D eigenvalue weighted by atomic mass is 32.1. The smallest absolute Gasteiger partial charge is 0.291 e. The van der Waals surface area contributed by atoms with E-state index in [2.05, 4.69) is 17.3 Å². The number of nitrogens with zero attached hydrogens (tertiary/aromatic N) is 3. The van der Waals surface area contributed by atoms with Crippen molar-refractivity contribution in [2.75, 3.05) is 0 Å². The summed E-state index contributed by atoms with van der Waals surface area (Å²) in [7, 11) is 0. The van der Waals surface area contributed by atoms with Gasteiger partial charge in [0.05, 0.1) is 0 Å². The summed E-state index contributed by atoms with van der Waals surface area (Å²) < 4.78 is 3.04. The first-order chi connectivity index (χ1) is 11.6. The molecule has 1 aliphatic carbocycles. The van der Waals surface area contributed by atoms with Crippen molar-refractivity contribution in [1.82, 2.24) is 19.5 Å². The third-order valence-electron chi connectivity index (χ3n) is 4.96. The second-order valence-corrected chi connectivity index (χ2v) is 7.50. The predicted molar refractivity (Wildman–Crippen MR) is 94.4 cm³/mol. The molecule has 4 rings (SSSR count). The molecule has 1 amide bonds. The Labute approximate surface area is 143 Å². The third-order valence-corrected chi connectivity index (χ3v) is 5.88. The molecule has 3 aromatic rings. The highest BCUT2D eigenvalue weighted by Gasteiger charge is 2.23. The topological polar surface area (TPSA) is 68.4 Å².